The van der Waals surface area contributed by atoms with Crippen LogP contribution in [-0.4, -0.2) is 64.0 Å². The van der Waals surface area contributed by atoms with E-state index in [0.717, 1.165) is 44.1 Å². The van der Waals surface area contributed by atoms with Gasteiger partial charge in [-0.2, -0.15) is 0 Å². The van der Waals surface area contributed by atoms with E-state index in [0.29, 0.717) is 6.54 Å². The summed E-state index contributed by atoms with van der Waals surface area (Å²) in [6, 6.07) is 2.20. The molecule has 0 amide bonds. The molecule has 0 unspecified atom stereocenters. The SMILES string of the molecule is CN(C)c1cc(N2C[C@H](O)C[C@@H]2CNCc2cnc3n2CCCCC3)ncn1. The smallest absolute Gasteiger partial charge is 0.134 e. The predicted molar refractivity (Wildman–Crippen MR) is 110 cm³/mol. The minimum Gasteiger partial charge on any atom is -0.391 e. The second-order valence-corrected chi connectivity index (χ2v) is 8.08. The third-order valence-corrected chi connectivity index (χ3v) is 5.77. The lowest BCUT2D eigenvalue weighted by Gasteiger charge is -2.26. The van der Waals surface area contributed by atoms with Gasteiger partial charge in [0.2, 0.25) is 0 Å². The van der Waals surface area contributed by atoms with Crippen LogP contribution in [0.25, 0.3) is 0 Å². The molecule has 0 saturated carbocycles. The molecule has 0 radical (unpaired) electrons. The minimum atomic E-state index is -0.323. The van der Waals surface area contributed by atoms with Crippen LogP contribution in [0.5, 0.6) is 0 Å². The van der Waals surface area contributed by atoms with Gasteiger partial charge in [0.15, 0.2) is 0 Å². The van der Waals surface area contributed by atoms with Crippen molar-refractivity contribution in [2.75, 3.05) is 37.0 Å². The molecular formula is C20H31N7O. The first-order valence-electron chi connectivity index (χ1n) is 10.3. The van der Waals surface area contributed by atoms with E-state index in [1.54, 1.807) is 6.33 Å². The molecule has 152 valence electrons. The fourth-order valence-corrected chi connectivity index (χ4v) is 4.27. The molecule has 28 heavy (non-hydrogen) atoms. The summed E-state index contributed by atoms with van der Waals surface area (Å²) in [5.41, 5.74) is 1.26. The number of rotatable bonds is 6. The van der Waals surface area contributed by atoms with Crippen LogP contribution >= 0.6 is 0 Å². The summed E-state index contributed by atoms with van der Waals surface area (Å²) in [6.45, 7) is 3.30. The van der Waals surface area contributed by atoms with Gasteiger partial charge in [0.1, 0.15) is 23.8 Å². The molecule has 2 N–H and O–H groups in total. The molecular weight excluding hydrogens is 354 g/mol. The third kappa shape index (κ3) is 4.12. The van der Waals surface area contributed by atoms with Crippen LogP contribution in [0.15, 0.2) is 18.6 Å². The zero-order valence-corrected chi connectivity index (χ0v) is 16.9. The van der Waals surface area contributed by atoms with Crippen molar-refractivity contribution in [1.82, 2.24) is 24.8 Å². The highest BCUT2D eigenvalue weighted by molar-refractivity contribution is 5.51. The second-order valence-electron chi connectivity index (χ2n) is 8.08. The van der Waals surface area contributed by atoms with Crippen LogP contribution < -0.4 is 15.1 Å². The Morgan fingerprint density at radius 2 is 2.11 bits per heavy atom. The number of nitrogens with zero attached hydrogens (tertiary/aromatic N) is 6. The van der Waals surface area contributed by atoms with Crippen molar-refractivity contribution < 1.29 is 5.11 Å². The molecule has 0 aliphatic carbocycles. The molecule has 2 atom stereocenters. The highest BCUT2D eigenvalue weighted by atomic mass is 16.3. The summed E-state index contributed by atoms with van der Waals surface area (Å²) in [6.07, 6.45) is 8.90. The lowest BCUT2D eigenvalue weighted by atomic mass is 10.2. The number of aliphatic hydroxyl groups excluding tert-OH is 1. The van der Waals surface area contributed by atoms with Crippen molar-refractivity contribution in [3.8, 4) is 0 Å². The van der Waals surface area contributed by atoms with Gasteiger partial charge < -0.3 is 24.8 Å². The molecule has 2 aromatic heterocycles. The van der Waals surface area contributed by atoms with Crippen molar-refractivity contribution in [3.05, 3.63) is 30.1 Å². The molecule has 2 aromatic rings. The largest absolute Gasteiger partial charge is 0.391 e. The number of aliphatic hydroxyl groups is 1. The number of anilines is 2. The van der Waals surface area contributed by atoms with Gasteiger partial charge in [-0.25, -0.2) is 15.0 Å². The third-order valence-electron chi connectivity index (χ3n) is 5.77. The fraction of sp³-hybridized carbons (Fsp3) is 0.650. The zero-order valence-electron chi connectivity index (χ0n) is 16.9. The second kappa shape index (κ2) is 8.45. The summed E-state index contributed by atoms with van der Waals surface area (Å²) >= 11 is 0. The Bertz CT molecular complexity index is 791. The maximum atomic E-state index is 10.2. The van der Waals surface area contributed by atoms with Crippen LogP contribution in [0.1, 0.15) is 37.2 Å². The van der Waals surface area contributed by atoms with Crippen LogP contribution in [0.2, 0.25) is 0 Å². The molecule has 2 aliphatic rings. The average molecular weight is 386 g/mol. The molecule has 4 heterocycles. The number of fused-ring (bicyclic) bond motifs is 1. The van der Waals surface area contributed by atoms with E-state index in [9.17, 15) is 5.11 Å². The first kappa shape index (κ1) is 19.1. The highest BCUT2D eigenvalue weighted by Gasteiger charge is 2.32. The Balaban J connectivity index is 1.40. The van der Waals surface area contributed by atoms with E-state index in [1.807, 2.05) is 31.3 Å². The van der Waals surface area contributed by atoms with Crippen LogP contribution in [-0.2, 0) is 19.5 Å². The number of imidazole rings is 1. The maximum absolute atomic E-state index is 10.2. The molecule has 1 fully saturated rings. The van der Waals surface area contributed by atoms with Crippen molar-refractivity contribution >= 4 is 11.6 Å². The normalized spacial score (nSPS) is 22.2. The molecule has 0 bridgehead atoms. The summed E-state index contributed by atoms with van der Waals surface area (Å²) in [7, 11) is 3.94. The molecule has 8 heteroatoms. The van der Waals surface area contributed by atoms with Gasteiger partial charge >= 0.3 is 0 Å². The van der Waals surface area contributed by atoms with Gasteiger partial charge in [-0.3, -0.25) is 0 Å². The first-order chi connectivity index (χ1) is 13.6. The average Bonchev–Trinajstić information content (AvgIpc) is 3.16. The Hall–Kier alpha value is -2.19. The Labute approximate surface area is 166 Å². The number of aromatic nitrogens is 4. The predicted octanol–water partition coefficient (Wildman–Crippen LogP) is 1.19. The summed E-state index contributed by atoms with van der Waals surface area (Å²) < 4.78 is 2.38. The Morgan fingerprint density at radius 1 is 1.21 bits per heavy atom. The zero-order chi connectivity index (χ0) is 19.5. The number of aryl methyl sites for hydroxylation is 1. The van der Waals surface area contributed by atoms with Gasteiger partial charge in [-0.1, -0.05) is 6.42 Å². The van der Waals surface area contributed by atoms with Crippen LogP contribution in [0.3, 0.4) is 0 Å². The summed E-state index contributed by atoms with van der Waals surface area (Å²) in [4.78, 5) is 17.5. The van der Waals surface area contributed by atoms with Crippen molar-refractivity contribution in [1.29, 1.82) is 0 Å². The number of nitrogens with one attached hydrogen (secondary N) is 1. The van der Waals surface area contributed by atoms with Gasteiger partial charge in [0.05, 0.1) is 11.8 Å². The highest BCUT2D eigenvalue weighted by Crippen LogP contribution is 2.25. The quantitative estimate of drug-likeness (QED) is 0.773. The van der Waals surface area contributed by atoms with E-state index < -0.39 is 0 Å². The lowest BCUT2D eigenvalue weighted by molar-refractivity contribution is 0.194. The molecule has 0 aromatic carbocycles. The molecule has 8 nitrogen and oxygen atoms in total. The molecule has 0 spiro atoms. The van der Waals surface area contributed by atoms with Gasteiger partial charge in [-0.15, -0.1) is 0 Å². The van der Waals surface area contributed by atoms with Gasteiger partial charge in [-0.05, 0) is 19.3 Å². The molecule has 2 aliphatic heterocycles. The van der Waals surface area contributed by atoms with E-state index in [2.05, 4.69) is 29.7 Å². The summed E-state index contributed by atoms with van der Waals surface area (Å²) in [5.74, 6) is 2.98. The van der Waals surface area contributed by atoms with E-state index in [4.69, 9.17) is 0 Å². The van der Waals surface area contributed by atoms with Crippen molar-refractivity contribution in [2.45, 2.75) is 57.3 Å². The molecule has 4 rings (SSSR count). The van der Waals surface area contributed by atoms with Gasteiger partial charge in [0.25, 0.3) is 0 Å². The van der Waals surface area contributed by atoms with Crippen LogP contribution in [0.4, 0.5) is 11.6 Å². The number of hydrogen-bond acceptors (Lipinski definition) is 7. The monoisotopic (exact) mass is 385 g/mol. The Morgan fingerprint density at radius 3 is 2.96 bits per heavy atom. The Kier molecular flexibility index (Phi) is 5.77. The van der Waals surface area contributed by atoms with Gasteiger partial charge in [0, 0.05) is 65.0 Å². The molecule has 1 saturated heterocycles. The first-order valence-corrected chi connectivity index (χ1v) is 10.3. The minimum absolute atomic E-state index is 0.214. The van der Waals surface area contributed by atoms with E-state index in [-0.39, 0.29) is 12.1 Å². The van der Waals surface area contributed by atoms with Crippen LogP contribution in [0, 0.1) is 0 Å². The standard InChI is InChI=1S/C20H31N7O/c1-25(2)19-9-20(24-14-23-19)27-13-17(28)8-15(27)10-21-11-16-12-22-18-6-4-3-5-7-26(16)18/h9,12,14-15,17,21,28H,3-8,10-11,13H2,1-2H3/t15-,17-/m1/s1. The lowest BCUT2D eigenvalue weighted by Crippen LogP contribution is -2.38. The number of hydrogen-bond donors (Lipinski definition) is 2. The van der Waals surface area contributed by atoms with E-state index >= 15 is 0 Å². The van der Waals surface area contributed by atoms with E-state index in [1.165, 1.54) is 30.8 Å². The maximum Gasteiger partial charge on any atom is 0.134 e. The number of β-amino-alcohol motifs (C(OH)–C–C–N with tert-alkyl or cyclic N) is 1. The fourth-order valence-electron chi connectivity index (χ4n) is 4.27. The van der Waals surface area contributed by atoms with Crippen molar-refractivity contribution in [2.24, 2.45) is 0 Å². The summed E-state index contributed by atoms with van der Waals surface area (Å²) in [5, 5.41) is 13.8. The van der Waals surface area contributed by atoms with Crippen molar-refractivity contribution in [3.63, 3.8) is 0 Å². The topological polar surface area (TPSA) is 82.3 Å².